The minimum absolute atomic E-state index is 0.0839. The van der Waals surface area contributed by atoms with Crippen molar-refractivity contribution in [3.05, 3.63) is 120 Å². The van der Waals surface area contributed by atoms with Crippen LogP contribution in [0.3, 0.4) is 0 Å². The Morgan fingerprint density at radius 2 is 1.52 bits per heavy atom. The number of hydrogen-bond acceptors (Lipinski definition) is 3. The predicted molar refractivity (Wildman–Crippen MR) is 166 cm³/mol. The van der Waals surface area contributed by atoms with Crippen molar-refractivity contribution < 1.29 is 14.5 Å². The molecule has 40 heavy (non-hydrogen) atoms. The van der Waals surface area contributed by atoms with Gasteiger partial charge in [-0.25, -0.2) is 0 Å². The van der Waals surface area contributed by atoms with Crippen molar-refractivity contribution in [2.45, 2.75) is 64.2 Å². The first kappa shape index (κ1) is 27.6. The molecule has 0 fully saturated rings. The van der Waals surface area contributed by atoms with Gasteiger partial charge < -0.3 is 10.0 Å². The number of hydrogen-bond donors (Lipinski definition) is 1. The summed E-state index contributed by atoms with van der Waals surface area (Å²) in [6.07, 6.45) is 11.5. The van der Waals surface area contributed by atoms with Crippen LogP contribution in [0.2, 0.25) is 0 Å². The Morgan fingerprint density at radius 1 is 0.875 bits per heavy atom. The highest BCUT2D eigenvalue weighted by Gasteiger charge is 2.47. The van der Waals surface area contributed by atoms with Crippen molar-refractivity contribution in [2.75, 3.05) is 18.0 Å². The first-order valence-electron chi connectivity index (χ1n) is 14.4. The summed E-state index contributed by atoms with van der Waals surface area (Å²) in [5.74, 6) is -0.0197. The maximum Gasteiger partial charge on any atom is 0.209 e. The highest BCUT2D eigenvalue weighted by Crippen LogP contribution is 2.49. The highest BCUT2D eigenvalue weighted by atomic mass is 16.3. The summed E-state index contributed by atoms with van der Waals surface area (Å²) in [5, 5.41) is 11.3. The number of anilines is 1. The standard InChI is InChI=1S/C36H40N2O2/c1-7-9-15-21-37-29-19-13-11-17-27(29)35(3,4)31(37)23-25-33(39)26(34(25)40)24-32-36(5,6)28-18-12-14-20-30(28)38(32)22-16-10-8-2/h7-8,11-14,17-20,23-24H,1-2,9-10,15-16,21-22H2,3-6H3/p+1. The average Bonchev–Trinajstić information content (AvgIpc) is 3.29. The molecule has 2 heterocycles. The summed E-state index contributed by atoms with van der Waals surface area (Å²) in [6, 6.07) is 16.9. The van der Waals surface area contributed by atoms with Crippen LogP contribution in [-0.2, 0) is 15.6 Å². The summed E-state index contributed by atoms with van der Waals surface area (Å²) in [5.41, 5.74) is 7.09. The number of rotatable bonds is 10. The molecule has 0 unspecified atom stereocenters. The number of para-hydroxylation sites is 2. The molecule has 2 aromatic carbocycles. The number of nitrogens with zero attached hydrogens (tertiary/aromatic N) is 2. The van der Waals surface area contributed by atoms with Crippen LogP contribution in [-0.4, -0.2) is 34.3 Å². The van der Waals surface area contributed by atoms with Crippen LogP contribution in [0.1, 0.15) is 64.5 Å². The lowest BCUT2D eigenvalue weighted by molar-refractivity contribution is -0.438. The minimum atomic E-state index is -0.288. The van der Waals surface area contributed by atoms with E-state index in [0.717, 1.165) is 50.2 Å². The molecular formula is C36H41N2O2+. The van der Waals surface area contributed by atoms with Gasteiger partial charge in [-0.15, -0.1) is 13.2 Å². The van der Waals surface area contributed by atoms with Crippen molar-refractivity contribution in [3.63, 3.8) is 0 Å². The van der Waals surface area contributed by atoms with E-state index in [9.17, 15) is 9.90 Å². The first-order chi connectivity index (χ1) is 19.1. The number of allylic oxidation sites excluding steroid dienone is 7. The van der Waals surface area contributed by atoms with E-state index in [1.165, 1.54) is 22.5 Å². The van der Waals surface area contributed by atoms with Gasteiger partial charge in [0.15, 0.2) is 5.71 Å². The van der Waals surface area contributed by atoms with Crippen LogP contribution in [0.15, 0.2) is 109 Å². The fourth-order valence-electron chi connectivity index (χ4n) is 6.46. The molecular weight excluding hydrogens is 492 g/mol. The molecule has 0 radical (unpaired) electrons. The second-order valence-electron chi connectivity index (χ2n) is 12.0. The molecule has 5 rings (SSSR count). The normalized spacial score (nSPS) is 20.7. The Hall–Kier alpha value is -3.92. The third-order valence-corrected chi connectivity index (χ3v) is 8.74. The van der Waals surface area contributed by atoms with Crippen molar-refractivity contribution in [1.29, 1.82) is 0 Å². The summed E-state index contributed by atoms with van der Waals surface area (Å²) in [6.45, 7) is 18.2. The van der Waals surface area contributed by atoms with E-state index in [1.54, 1.807) is 0 Å². The van der Waals surface area contributed by atoms with Gasteiger partial charge in [-0.3, -0.25) is 4.79 Å². The minimum Gasteiger partial charge on any atom is -0.506 e. The van der Waals surface area contributed by atoms with Crippen LogP contribution in [0.4, 0.5) is 11.4 Å². The lowest BCUT2D eigenvalue weighted by Gasteiger charge is -2.29. The molecule has 2 aromatic rings. The third kappa shape index (κ3) is 4.40. The zero-order valence-corrected chi connectivity index (χ0v) is 24.3. The predicted octanol–water partition coefficient (Wildman–Crippen LogP) is 8.00. The van der Waals surface area contributed by atoms with Gasteiger partial charge in [0.1, 0.15) is 12.3 Å². The van der Waals surface area contributed by atoms with Crippen molar-refractivity contribution in [2.24, 2.45) is 0 Å². The Bertz CT molecular complexity index is 1510. The molecule has 4 nitrogen and oxygen atoms in total. The molecule has 0 amide bonds. The van der Waals surface area contributed by atoms with Gasteiger partial charge >= 0.3 is 0 Å². The van der Waals surface area contributed by atoms with E-state index in [1.807, 2.05) is 24.3 Å². The van der Waals surface area contributed by atoms with Gasteiger partial charge in [-0.2, -0.15) is 4.58 Å². The van der Waals surface area contributed by atoms with E-state index < -0.39 is 0 Å². The maximum atomic E-state index is 13.6. The van der Waals surface area contributed by atoms with E-state index >= 15 is 0 Å². The fraction of sp³-hybridized carbons (Fsp3) is 0.333. The summed E-state index contributed by atoms with van der Waals surface area (Å²) in [4.78, 5) is 15.9. The van der Waals surface area contributed by atoms with Gasteiger partial charge in [0.25, 0.3) is 0 Å². The number of fused-ring (bicyclic) bond motifs is 2. The van der Waals surface area contributed by atoms with Crippen LogP contribution in [0, 0.1) is 0 Å². The first-order valence-corrected chi connectivity index (χ1v) is 14.4. The highest BCUT2D eigenvalue weighted by molar-refractivity contribution is 6.24. The van der Waals surface area contributed by atoms with Gasteiger partial charge in [-0.1, -0.05) is 62.4 Å². The number of unbranched alkanes of at least 4 members (excludes halogenated alkanes) is 2. The van der Waals surface area contributed by atoms with Gasteiger partial charge in [0.05, 0.1) is 16.6 Å². The van der Waals surface area contributed by atoms with Gasteiger partial charge in [0, 0.05) is 47.5 Å². The number of ketones is 1. The van der Waals surface area contributed by atoms with E-state index in [4.69, 9.17) is 0 Å². The van der Waals surface area contributed by atoms with Crippen LogP contribution < -0.4 is 4.90 Å². The molecule has 3 aliphatic rings. The second-order valence-corrected chi connectivity index (χ2v) is 12.0. The summed E-state index contributed by atoms with van der Waals surface area (Å²) < 4.78 is 2.31. The fourth-order valence-corrected chi connectivity index (χ4v) is 6.46. The Kier molecular flexibility index (Phi) is 7.31. The molecule has 0 atom stereocenters. The molecule has 1 N–H and O–H groups in total. The lowest BCUT2D eigenvalue weighted by Crippen LogP contribution is -2.32. The molecule has 2 aliphatic heterocycles. The van der Waals surface area contributed by atoms with Gasteiger partial charge in [-0.05, 0) is 50.8 Å². The molecule has 0 saturated heterocycles. The number of aliphatic hydroxyl groups is 1. The monoisotopic (exact) mass is 533 g/mol. The summed E-state index contributed by atoms with van der Waals surface area (Å²) in [7, 11) is 0. The topological polar surface area (TPSA) is 43.5 Å². The number of benzene rings is 2. The van der Waals surface area contributed by atoms with Crippen molar-refractivity contribution >= 4 is 22.9 Å². The van der Waals surface area contributed by atoms with Crippen molar-refractivity contribution in [3.8, 4) is 0 Å². The number of Topliss-reactive ketones (excluding diaryl/α,β-unsaturated/α-hetero) is 1. The lowest BCUT2D eigenvalue weighted by atomic mass is 9.77. The molecule has 0 spiro atoms. The largest absolute Gasteiger partial charge is 0.506 e. The van der Waals surface area contributed by atoms with E-state index in [2.05, 4.69) is 98.9 Å². The molecule has 4 heteroatoms. The maximum absolute atomic E-state index is 13.6. The molecule has 0 saturated carbocycles. The smallest absolute Gasteiger partial charge is 0.209 e. The average molecular weight is 534 g/mol. The van der Waals surface area contributed by atoms with Gasteiger partial charge in [0.2, 0.25) is 11.5 Å². The quantitative estimate of drug-likeness (QED) is 0.146. The Balaban J connectivity index is 1.55. The molecule has 206 valence electrons. The third-order valence-electron chi connectivity index (χ3n) is 8.74. The van der Waals surface area contributed by atoms with Crippen LogP contribution in [0.25, 0.3) is 0 Å². The summed E-state index contributed by atoms with van der Waals surface area (Å²) >= 11 is 0. The Morgan fingerprint density at radius 3 is 2.23 bits per heavy atom. The van der Waals surface area contributed by atoms with E-state index in [-0.39, 0.29) is 22.4 Å². The van der Waals surface area contributed by atoms with Crippen LogP contribution in [0.5, 0.6) is 0 Å². The number of aliphatic hydroxyl groups excluding tert-OH is 1. The number of carbonyl (C=O) groups excluding carboxylic acids is 1. The van der Waals surface area contributed by atoms with Crippen molar-refractivity contribution in [1.82, 2.24) is 0 Å². The molecule has 0 bridgehead atoms. The SMILES string of the molecule is C=CCCCN1C(=CC2=C(O)C(=CC3=[N+](CCCC=C)c4ccccc4C3(C)C)C2=O)C(C)(C)c2ccccc21. The molecule has 1 aliphatic carbocycles. The zero-order chi connectivity index (χ0) is 28.7. The van der Waals surface area contributed by atoms with E-state index in [0.29, 0.717) is 11.1 Å². The molecule has 0 aromatic heterocycles. The Labute approximate surface area is 239 Å². The zero-order valence-electron chi connectivity index (χ0n) is 24.3. The second kappa shape index (κ2) is 10.6. The number of carbonyl (C=O) groups is 1. The van der Waals surface area contributed by atoms with Crippen LogP contribution >= 0.6 is 0 Å².